The molecule has 2 rings (SSSR count). The highest BCUT2D eigenvalue weighted by Crippen LogP contribution is 2.28. The molecule has 0 aliphatic carbocycles. The van der Waals surface area contributed by atoms with Crippen molar-refractivity contribution < 1.29 is 0 Å². The summed E-state index contributed by atoms with van der Waals surface area (Å²) in [5, 5.41) is 5.02. The Bertz CT molecular complexity index is 563. The van der Waals surface area contributed by atoms with Crippen LogP contribution in [0, 0.1) is 6.92 Å². The third kappa shape index (κ3) is 2.35. The van der Waals surface area contributed by atoms with Crippen molar-refractivity contribution in [2.45, 2.75) is 32.6 Å². The Labute approximate surface area is 116 Å². The number of hydrogen-bond acceptors (Lipinski definition) is 3. The highest BCUT2D eigenvalue weighted by molar-refractivity contribution is 6.31. The summed E-state index contributed by atoms with van der Waals surface area (Å²) in [6.07, 6.45) is 1.50. The zero-order chi connectivity index (χ0) is 13.3. The van der Waals surface area contributed by atoms with E-state index in [1.54, 1.807) is 4.68 Å². The molecule has 0 aliphatic heterocycles. The highest BCUT2D eigenvalue weighted by atomic mass is 35.5. The molecule has 0 unspecified atom stereocenters. The fraction of sp³-hybridized carbons (Fsp3) is 0.417. The van der Waals surface area contributed by atoms with Gasteiger partial charge in [-0.2, -0.15) is 5.10 Å². The number of aromatic nitrogens is 4. The van der Waals surface area contributed by atoms with E-state index in [-0.39, 0.29) is 5.92 Å². The second kappa shape index (κ2) is 5.24. The summed E-state index contributed by atoms with van der Waals surface area (Å²) in [5.74, 6) is 1.27. The van der Waals surface area contributed by atoms with Crippen molar-refractivity contribution in [3.05, 3.63) is 34.5 Å². The third-order valence-electron chi connectivity index (χ3n) is 2.64. The highest BCUT2D eigenvalue weighted by Gasteiger charge is 2.19. The van der Waals surface area contributed by atoms with Crippen LogP contribution in [0.3, 0.4) is 0 Å². The van der Waals surface area contributed by atoms with E-state index in [9.17, 15) is 0 Å². The molecule has 0 radical (unpaired) electrons. The summed E-state index contributed by atoms with van der Waals surface area (Å²) >= 11 is 12.3. The molecule has 4 nitrogen and oxygen atoms in total. The van der Waals surface area contributed by atoms with Crippen LogP contribution in [0.5, 0.6) is 0 Å². The Morgan fingerprint density at radius 3 is 2.56 bits per heavy atom. The van der Waals surface area contributed by atoms with E-state index in [0.29, 0.717) is 16.9 Å². The minimum Gasteiger partial charge on any atom is -0.242 e. The zero-order valence-electron chi connectivity index (χ0n) is 10.5. The molecule has 0 atom stereocenters. The average Bonchev–Trinajstić information content (AvgIpc) is 2.66. The fourth-order valence-corrected chi connectivity index (χ4v) is 2.36. The van der Waals surface area contributed by atoms with Crippen LogP contribution in [0.15, 0.2) is 12.4 Å². The van der Waals surface area contributed by atoms with Gasteiger partial charge in [0.25, 0.3) is 0 Å². The largest absolute Gasteiger partial charge is 0.242 e. The summed E-state index contributed by atoms with van der Waals surface area (Å²) in [6, 6.07) is 1.83. The first-order valence-electron chi connectivity index (χ1n) is 5.66. The number of aryl methyl sites for hydroxylation is 1. The van der Waals surface area contributed by atoms with E-state index in [1.807, 2.05) is 13.0 Å². The minimum atomic E-state index is 0.264. The van der Waals surface area contributed by atoms with Gasteiger partial charge in [-0.3, -0.25) is 0 Å². The van der Waals surface area contributed by atoms with Gasteiger partial charge in [0.1, 0.15) is 11.5 Å². The molecule has 0 aliphatic rings. The van der Waals surface area contributed by atoms with Crippen LogP contribution in [-0.2, 0) is 5.88 Å². The van der Waals surface area contributed by atoms with Crippen molar-refractivity contribution in [1.29, 1.82) is 0 Å². The van der Waals surface area contributed by atoms with Crippen molar-refractivity contribution >= 4 is 23.2 Å². The van der Waals surface area contributed by atoms with Gasteiger partial charge in [-0.15, -0.1) is 11.6 Å². The minimum absolute atomic E-state index is 0.264. The molecular formula is C12H14Cl2N4. The van der Waals surface area contributed by atoms with Crippen molar-refractivity contribution in [2.24, 2.45) is 0 Å². The Morgan fingerprint density at radius 2 is 2.06 bits per heavy atom. The predicted molar refractivity (Wildman–Crippen MR) is 72.5 cm³/mol. The van der Waals surface area contributed by atoms with Crippen molar-refractivity contribution in [2.75, 3.05) is 0 Å². The Hall–Kier alpha value is -1.13. The van der Waals surface area contributed by atoms with E-state index >= 15 is 0 Å². The lowest BCUT2D eigenvalue weighted by molar-refractivity contribution is 0.752. The predicted octanol–water partition coefficient (Wildman–Crippen LogP) is 3.49. The molecule has 0 N–H and O–H groups in total. The molecule has 18 heavy (non-hydrogen) atoms. The summed E-state index contributed by atoms with van der Waals surface area (Å²) in [7, 11) is 0. The number of alkyl halides is 1. The first-order valence-corrected chi connectivity index (χ1v) is 6.58. The Morgan fingerprint density at radius 1 is 1.33 bits per heavy atom. The molecule has 0 saturated heterocycles. The van der Waals surface area contributed by atoms with Crippen LogP contribution >= 0.6 is 23.2 Å². The fourth-order valence-electron chi connectivity index (χ4n) is 1.74. The van der Waals surface area contributed by atoms with Crippen LogP contribution in [0.25, 0.3) is 5.82 Å². The van der Waals surface area contributed by atoms with E-state index in [0.717, 1.165) is 17.0 Å². The van der Waals surface area contributed by atoms with Gasteiger partial charge in [0.2, 0.25) is 0 Å². The second-order valence-corrected chi connectivity index (χ2v) is 5.00. The van der Waals surface area contributed by atoms with Crippen LogP contribution < -0.4 is 0 Å². The molecular weight excluding hydrogens is 271 g/mol. The molecule has 2 aromatic rings. The van der Waals surface area contributed by atoms with Crippen LogP contribution in [0.2, 0.25) is 5.15 Å². The lowest BCUT2D eigenvalue weighted by Crippen LogP contribution is -2.02. The molecule has 0 spiro atoms. The number of halogens is 2. The van der Waals surface area contributed by atoms with Gasteiger partial charge in [-0.05, 0) is 12.8 Å². The lowest BCUT2D eigenvalue weighted by atomic mass is 10.1. The van der Waals surface area contributed by atoms with E-state index in [1.165, 1.54) is 6.33 Å². The van der Waals surface area contributed by atoms with Gasteiger partial charge >= 0.3 is 0 Å². The van der Waals surface area contributed by atoms with Gasteiger partial charge in [0, 0.05) is 17.3 Å². The van der Waals surface area contributed by atoms with E-state index < -0.39 is 0 Å². The third-order valence-corrected chi connectivity index (χ3v) is 3.29. The van der Waals surface area contributed by atoms with Crippen molar-refractivity contribution in [3.63, 3.8) is 0 Å². The molecule has 0 saturated carbocycles. The summed E-state index contributed by atoms with van der Waals surface area (Å²) in [5.41, 5.74) is 2.64. The van der Waals surface area contributed by atoms with Gasteiger partial charge < -0.3 is 0 Å². The smallest absolute Gasteiger partial charge is 0.158 e. The van der Waals surface area contributed by atoms with Crippen LogP contribution in [0.4, 0.5) is 0 Å². The summed E-state index contributed by atoms with van der Waals surface area (Å²) in [6.45, 7) is 6.02. The lowest BCUT2D eigenvalue weighted by Gasteiger charge is -2.02. The van der Waals surface area contributed by atoms with Crippen molar-refractivity contribution in [3.8, 4) is 5.82 Å². The SMILES string of the molecule is Cc1cc(-n2nc(C(C)C)c(CCl)c2Cl)ncn1. The zero-order valence-corrected chi connectivity index (χ0v) is 12.0. The average molecular weight is 285 g/mol. The Kier molecular flexibility index (Phi) is 3.88. The second-order valence-electron chi connectivity index (χ2n) is 4.37. The molecule has 6 heteroatoms. The molecule has 0 fully saturated rings. The molecule has 96 valence electrons. The standard InChI is InChI=1S/C12H14Cl2N4/c1-7(2)11-9(5-13)12(14)18(17-11)10-4-8(3)15-6-16-10/h4,6-7H,5H2,1-3H3. The molecule has 0 amide bonds. The topological polar surface area (TPSA) is 43.6 Å². The maximum absolute atomic E-state index is 6.32. The normalized spacial score (nSPS) is 11.2. The molecule has 2 heterocycles. The first kappa shape index (κ1) is 13.3. The number of nitrogens with zero attached hydrogens (tertiary/aromatic N) is 4. The summed E-state index contributed by atoms with van der Waals surface area (Å²) < 4.78 is 1.61. The maximum atomic E-state index is 6.32. The van der Waals surface area contributed by atoms with Gasteiger partial charge in [0.15, 0.2) is 5.82 Å². The van der Waals surface area contributed by atoms with Crippen LogP contribution in [-0.4, -0.2) is 19.7 Å². The van der Waals surface area contributed by atoms with Gasteiger partial charge in [0.05, 0.1) is 11.6 Å². The number of rotatable bonds is 3. The van der Waals surface area contributed by atoms with Gasteiger partial charge in [-0.1, -0.05) is 25.4 Å². The van der Waals surface area contributed by atoms with Crippen LogP contribution in [0.1, 0.15) is 36.7 Å². The number of hydrogen-bond donors (Lipinski definition) is 0. The van der Waals surface area contributed by atoms with Crippen molar-refractivity contribution in [1.82, 2.24) is 19.7 Å². The summed E-state index contributed by atoms with van der Waals surface area (Å²) in [4.78, 5) is 8.24. The maximum Gasteiger partial charge on any atom is 0.158 e. The van der Waals surface area contributed by atoms with Gasteiger partial charge in [-0.25, -0.2) is 14.6 Å². The molecule has 2 aromatic heterocycles. The van der Waals surface area contributed by atoms with E-state index in [2.05, 4.69) is 28.9 Å². The Balaban J connectivity index is 2.59. The molecule has 0 bridgehead atoms. The monoisotopic (exact) mass is 284 g/mol. The van der Waals surface area contributed by atoms with E-state index in [4.69, 9.17) is 23.2 Å². The quantitative estimate of drug-likeness (QED) is 0.811. The molecule has 0 aromatic carbocycles. The first-order chi connectivity index (χ1) is 8.54.